The van der Waals surface area contributed by atoms with Gasteiger partial charge < -0.3 is 9.47 Å². The minimum absolute atomic E-state index is 0.281. The van der Waals surface area contributed by atoms with Crippen LogP contribution in [0.5, 0.6) is 11.5 Å². The second-order valence-corrected chi connectivity index (χ2v) is 9.43. The zero-order chi connectivity index (χ0) is 21.1. The standard InChI is InChI=1S/C25H36BrClO2/c1-4-7-8-12-21(6-3)29-22-14-15-23-19(18-22)13-16-24(25(23)27)28-17-10-9-11-20(26)5-2/h13-16,18,20-21H,4-12,17H2,1-3H3. The van der Waals surface area contributed by atoms with E-state index in [2.05, 4.69) is 54.9 Å². The molecule has 0 saturated heterocycles. The van der Waals surface area contributed by atoms with E-state index in [0.29, 0.717) is 16.5 Å². The summed E-state index contributed by atoms with van der Waals surface area (Å²) in [6.07, 6.45) is 10.7. The monoisotopic (exact) mass is 482 g/mol. The van der Waals surface area contributed by atoms with Crippen LogP contribution < -0.4 is 9.47 Å². The molecular weight excluding hydrogens is 448 g/mol. The molecule has 2 unspecified atom stereocenters. The summed E-state index contributed by atoms with van der Waals surface area (Å²) in [5.41, 5.74) is 0. The van der Waals surface area contributed by atoms with Gasteiger partial charge in [-0.1, -0.05) is 67.2 Å². The van der Waals surface area contributed by atoms with E-state index in [1.807, 2.05) is 12.1 Å². The van der Waals surface area contributed by atoms with Gasteiger partial charge in [0.1, 0.15) is 11.5 Å². The summed E-state index contributed by atoms with van der Waals surface area (Å²) in [6, 6.07) is 10.2. The lowest BCUT2D eigenvalue weighted by molar-refractivity contribution is 0.183. The van der Waals surface area contributed by atoms with Crippen molar-refractivity contribution in [2.45, 2.75) is 89.5 Å². The molecule has 0 heterocycles. The van der Waals surface area contributed by atoms with Crippen molar-refractivity contribution in [1.29, 1.82) is 0 Å². The van der Waals surface area contributed by atoms with Crippen molar-refractivity contribution in [1.82, 2.24) is 0 Å². The first-order valence-corrected chi connectivity index (χ1v) is 12.5. The van der Waals surface area contributed by atoms with Crippen molar-refractivity contribution in [2.24, 2.45) is 0 Å². The molecule has 0 amide bonds. The van der Waals surface area contributed by atoms with Gasteiger partial charge in [0.15, 0.2) is 0 Å². The second-order valence-electron chi connectivity index (χ2n) is 7.75. The molecule has 2 atom stereocenters. The largest absolute Gasteiger partial charge is 0.492 e. The maximum absolute atomic E-state index is 6.62. The molecule has 0 radical (unpaired) electrons. The summed E-state index contributed by atoms with van der Waals surface area (Å²) < 4.78 is 12.2. The molecule has 2 rings (SSSR count). The van der Waals surface area contributed by atoms with Crippen molar-refractivity contribution >= 4 is 38.3 Å². The SMILES string of the molecule is CCCCCC(CC)Oc1ccc2c(Cl)c(OCCCCC(Br)CC)ccc2c1. The minimum Gasteiger partial charge on any atom is -0.492 e. The highest BCUT2D eigenvalue weighted by Crippen LogP contribution is 2.35. The molecule has 0 saturated carbocycles. The molecular formula is C25H36BrClO2. The second kappa shape index (κ2) is 13.4. The number of unbranched alkanes of at least 4 members (excludes halogenated alkanes) is 3. The van der Waals surface area contributed by atoms with Gasteiger partial charge in [0.25, 0.3) is 0 Å². The van der Waals surface area contributed by atoms with Gasteiger partial charge in [-0.05, 0) is 74.6 Å². The highest BCUT2D eigenvalue weighted by molar-refractivity contribution is 9.09. The molecule has 2 aromatic carbocycles. The van der Waals surface area contributed by atoms with Crippen molar-refractivity contribution in [3.63, 3.8) is 0 Å². The van der Waals surface area contributed by atoms with Crippen molar-refractivity contribution in [3.05, 3.63) is 35.4 Å². The molecule has 4 heteroatoms. The van der Waals surface area contributed by atoms with E-state index in [0.717, 1.165) is 48.0 Å². The van der Waals surface area contributed by atoms with Crippen molar-refractivity contribution < 1.29 is 9.47 Å². The number of halogens is 2. The molecule has 29 heavy (non-hydrogen) atoms. The van der Waals surface area contributed by atoms with Gasteiger partial charge in [-0.2, -0.15) is 0 Å². The van der Waals surface area contributed by atoms with Gasteiger partial charge in [-0.3, -0.25) is 0 Å². The highest BCUT2D eigenvalue weighted by Gasteiger charge is 2.11. The zero-order valence-corrected chi connectivity index (χ0v) is 20.5. The number of fused-ring (bicyclic) bond motifs is 1. The summed E-state index contributed by atoms with van der Waals surface area (Å²) in [6.45, 7) is 7.33. The quantitative estimate of drug-likeness (QED) is 0.197. The molecule has 0 N–H and O–H groups in total. The number of benzene rings is 2. The Labute approximate surface area is 190 Å². The molecule has 162 valence electrons. The third-order valence-electron chi connectivity index (χ3n) is 5.39. The van der Waals surface area contributed by atoms with Crippen molar-refractivity contribution in [3.8, 4) is 11.5 Å². The Bertz CT molecular complexity index is 734. The highest BCUT2D eigenvalue weighted by atomic mass is 79.9. The van der Waals surface area contributed by atoms with E-state index in [9.17, 15) is 0 Å². The van der Waals surface area contributed by atoms with Crippen LogP contribution in [0.4, 0.5) is 0 Å². The van der Waals surface area contributed by atoms with Crippen LogP contribution in [0.15, 0.2) is 30.3 Å². The third kappa shape index (κ3) is 8.02. The summed E-state index contributed by atoms with van der Waals surface area (Å²) >= 11 is 10.3. The third-order valence-corrected chi connectivity index (χ3v) is 6.89. The average molecular weight is 484 g/mol. The number of rotatable bonds is 14. The van der Waals surface area contributed by atoms with Crippen LogP contribution in [0.1, 0.15) is 78.6 Å². The molecule has 2 nitrogen and oxygen atoms in total. The van der Waals surface area contributed by atoms with E-state index in [1.165, 1.54) is 32.1 Å². The lowest BCUT2D eigenvalue weighted by atomic mass is 10.1. The normalized spacial score (nSPS) is 13.4. The molecule has 0 aliphatic heterocycles. The Morgan fingerprint density at radius 1 is 0.931 bits per heavy atom. The van der Waals surface area contributed by atoms with Crippen LogP contribution in [0, 0.1) is 0 Å². The summed E-state index contributed by atoms with van der Waals surface area (Å²) in [7, 11) is 0. The Balaban J connectivity index is 1.95. The number of ether oxygens (including phenoxy) is 2. The van der Waals surface area contributed by atoms with Crippen LogP contribution in [-0.4, -0.2) is 17.5 Å². The maximum atomic E-state index is 6.62. The van der Waals surface area contributed by atoms with Gasteiger partial charge >= 0.3 is 0 Å². The van der Waals surface area contributed by atoms with E-state index in [1.54, 1.807) is 0 Å². The zero-order valence-electron chi connectivity index (χ0n) is 18.2. The lowest BCUT2D eigenvalue weighted by Crippen LogP contribution is -2.15. The Morgan fingerprint density at radius 2 is 1.72 bits per heavy atom. The molecule has 0 aliphatic carbocycles. The fourth-order valence-electron chi connectivity index (χ4n) is 3.45. The predicted octanol–water partition coefficient (Wildman–Crippen LogP) is 8.95. The van der Waals surface area contributed by atoms with E-state index in [4.69, 9.17) is 21.1 Å². The van der Waals surface area contributed by atoms with Gasteiger partial charge in [-0.25, -0.2) is 0 Å². The van der Waals surface area contributed by atoms with Crippen LogP contribution in [0.3, 0.4) is 0 Å². The van der Waals surface area contributed by atoms with E-state index < -0.39 is 0 Å². The summed E-state index contributed by atoms with van der Waals surface area (Å²) in [5, 5.41) is 2.80. The van der Waals surface area contributed by atoms with Gasteiger partial charge in [0.2, 0.25) is 0 Å². The van der Waals surface area contributed by atoms with Gasteiger partial charge in [0.05, 0.1) is 17.7 Å². The first kappa shape index (κ1) is 24.3. The van der Waals surface area contributed by atoms with E-state index in [-0.39, 0.29) is 6.10 Å². The number of hydrogen-bond donors (Lipinski definition) is 0. The van der Waals surface area contributed by atoms with E-state index >= 15 is 0 Å². The summed E-state index contributed by atoms with van der Waals surface area (Å²) in [4.78, 5) is 0.613. The topological polar surface area (TPSA) is 18.5 Å². The minimum atomic E-state index is 0.281. The molecule has 0 aliphatic rings. The fraction of sp³-hybridized carbons (Fsp3) is 0.600. The fourth-order valence-corrected chi connectivity index (χ4v) is 4.06. The first-order chi connectivity index (χ1) is 14.1. The molecule has 2 aromatic rings. The molecule has 0 bridgehead atoms. The smallest absolute Gasteiger partial charge is 0.138 e. The van der Waals surface area contributed by atoms with Crippen LogP contribution in [0.25, 0.3) is 10.8 Å². The number of alkyl halides is 1. The molecule has 0 spiro atoms. The maximum Gasteiger partial charge on any atom is 0.138 e. The average Bonchev–Trinajstić information content (AvgIpc) is 2.74. The van der Waals surface area contributed by atoms with Crippen LogP contribution >= 0.6 is 27.5 Å². The molecule has 0 fully saturated rings. The Hall–Kier alpha value is -0.930. The number of hydrogen-bond acceptors (Lipinski definition) is 2. The van der Waals surface area contributed by atoms with Crippen LogP contribution in [0.2, 0.25) is 5.02 Å². The summed E-state index contributed by atoms with van der Waals surface area (Å²) in [5.74, 6) is 1.69. The predicted molar refractivity (Wildman–Crippen MR) is 130 cm³/mol. The molecule has 0 aromatic heterocycles. The van der Waals surface area contributed by atoms with Gasteiger partial charge in [-0.15, -0.1) is 0 Å². The Kier molecular flexibility index (Phi) is 11.2. The van der Waals surface area contributed by atoms with Crippen LogP contribution in [-0.2, 0) is 0 Å². The van der Waals surface area contributed by atoms with Gasteiger partial charge in [0, 0.05) is 10.2 Å². The van der Waals surface area contributed by atoms with Crippen molar-refractivity contribution in [2.75, 3.05) is 6.61 Å². The first-order valence-electron chi connectivity index (χ1n) is 11.2. The lowest BCUT2D eigenvalue weighted by Gasteiger charge is -2.18. The Morgan fingerprint density at radius 3 is 2.45 bits per heavy atom.